The molecule has 124 valence electrons. The van der Waals surface area contributed by atoms with Crippen LogP contribution in [0.5, 0.6) is 0 Å². The third-order valence-electron chi connectivity index (χ3n) is 2.60. The molecule has 1 aromatic heterocycles. The monoisotopic (exact) mass is 390 g/mol. The van der Waals surface area contributed by atoms with Crippen LogP contribution in [0.4, 0.5) is 10.8 Å². The molecular formula is C14H16Cl2N4OS2. The third-order valence-corrected chi connectivity index (χ3v) is 5.16. The molecule has 0 aliphatic heterocycles. The van der Waals surface area contributed by atoms with E-state index in [-0.39, 0.29) is 11.7 Å². The summed E-state index contributed by atoms with van der Waals surface area (Å²) in [5.41, 5.74) is 0.540. The molecule has 0 saturated carbocycles. The lowest BCUT2D eigenvalue weighted by atomic mass is 10.2. The van der Waals surface area contributed by atoms with Crippen molar-refractivity contribution in [1.82, 2.24) is 10.2 Å². The summed E-state index contributed by atoms with van der Waals surface area (Å²) < 4.78 is 0.744. The molecule has 9 heteroatoms. The van der Waals surface area contributed by atoms with Gasteiger partial charge in [0.25, 0.3) is 0 Å². The van der Waals surface area contributed by atoms with Crippen molar-refractivity contribution in [3.05, 3.63) is 28.2 Å². The summed E-state index contributed by atoms with van der Waals surface area (Å²) in [6.45, 7) is 5.08. The van der Waals surface area contributed by atoms with E-state index in [0.717, 1.165) is 16.0 Å². The van der Waals surface area contributed by atoms with Crippen LogP contribution < -0.4 is 10.6 Å². The summed E-state index contributed by atoms with van der Waals surface area (Å²) in [4.78, 5) is 12.0. The highest BCUT2D eigenvalue weighted by Crippen LogP contribution is 2.27. The molecule has 1 amide bonds. The van der Waals surface area contributed by atoms with Crippen LogP contribution in [0.25, 0.3) is 0 Å². The number of halogens is 2. The van der Waals surface area contributed by atoms with E-state index in [9.17, 15) is 4.79 Å². The van der Waals surface area contributed by atoms with Crippen LogP contribution in [-0.2, 0) is 4.79 Å². The summed E-state index contributed by atoms with van der Waals surface area (Å²) in [5.74, 6) is 0.605. The van der Waals surface area contributed by atoms with E-state index in [4.69, 9.17) is 23.2 Å². The predicted molar refractivity (Wildman–Crippen MR) is 99.1 cm³/mol. The Morgan fingerprint density at radius 2 is 2.13 bits per heavy atom. The fraction of sp³-hybridized carbons (Fsp3) is 0.357. The molecule has 0 aliphatic rings. The second-order valence-electron chi connectivity index (χ2n) is 5.11. The zero-order chi connectivity index (χ0) is 16.8. The SMILES string of the molecule is CC(C)CNc1nnc(SCC(=O)Nc2ccc(Cl)cc2Cl)s1. The van der Waals surface area contributed by atoms with Gasteiger partial charge in [-0.25, -0.2) is 0 Å². The molecule has 0 unspecified atom stereocenters. The Hall–Kier alpha value is -1.02. The van der Waals surface area contributed by atoms with E-state index in [0.29, 0.717) is 21.7 Å². The van der Waals surface area contributed by atoms with Gasteiger partial charge in [0, 0.05) is 11.6 Å². The van der Waals surface area contributed by atoms with Crippen LogP contribution in [-0.4, -0.2) is 28.4 Å². The number of carbonyl (C=O) groups excluding carboxylic acids is 1. The smallest absolute Gasteiger partial charge is 0.234 e. The topological polar surface area (TPSA) is 66.9 Å². The van der Waals surface area contributed by atoms with Gasteiger partial charge in [0.05, 0.1) is 16.5 Å². The van der Waals surface area contributed by atoms with Gasteiger partial charge < -0.3 is 10.6 Å². The zero-order valence-electron chi connectivity index (χ0n) is 12.6. The second kappa shape index (κ2) is 8.73. The average Bonchev–Trinajstić information content (AvgIpc) is 2.94. The number of anilines is 2. The van der Waals surface area contributed by atoms with Crippen molar-refractivity contribution in [2.45, 2.75) is 18.2 Å². The number of carbonyl (C=O) groups is 1. The highest BCUT2D eigenvalue weighted by atomic mass is 35.5. The van der Waals surface area contributed by atoms with Crippen LogP contribution in [0, 0.1) is 5.92 Å². The fourth-order valence-electron chi connectivity index (χ4n) is 1.54. The second-order valence-corrected chi connectivity index (χ2v) is 8.15. The normalized spacial score (nSPS) is 10.8. The van der Waals surface area contributed by atoms with Gasteiger partial charge in [-0.1, -0.05) is 60.1 Å². The number of hydrogen-bond donors (Lipinski definition) is 2. The van der Waals surface area contributed by atoms with Gasteiger partial charge in [-0.05, 0) is 24.1 Å². The Kier molecular flexibility index (Phi) is 6.95. The average molecular weight is 391 g/mol. The minimum absolute atomic E-state index is 0.161. The summed E-state index contributed by atoms with van der Waals surface area (Å²) in [7, 11) is 0. The van der Waals surface area contributed by atoms with Crippen molar-refractivity contribution in [2.75, 3.05) is 22.9 Å². The minimum atomic E-state index is -0.161. The van der Waals surface area contributed by atoms with Gasteiger partial charge in [-0.15, -0.1) is 10.2 Å². The largest absolute Gasteiger partial charge is 0.360 e. The fourth-order valence-corrected chi connectivity index (χ4v) is 3.55. The minimum Gasteiger partial charge on any atom is -0.360 e. The van der Waals surface area contributed by atoms with Crippen molar-refractivity contribution >= 4 is 63.0 Å². The first kappa shape index (κ1) is 18.3. The number of benzene rings is 1. The molecular weight excluding hydrogens is 375 g/mol. The number of rotatable bonds is 7. The lowest BCUT2D eigenvalue weighted by Gasteiger charge is -2.06. The van der Waals surface area contributed by atoms with E-state index in [1.54, 1.807) is 18.2 Å². The van der Waals surface area contributed by atoms with Crippen molar-refractivity contribution in [3.8, 4) is 0 Å². The summed E-state index contributed by atoms with van der Waals surface area (Å²) in [5, 5.41) is 15.7. The van der Waals surface area contributed by atoms with Gasteiger partial charge in [-0.2, -0.15) is 0 Å². The molecule has 2 N–H and O–H groups in total. The predicted octanol–water partition coefficient (Wildman–Crippen LogP) is 4.64. The summed E-state index contributed by atoms with van der Waals surface area (Å²) in [6.07, 6.45) is 0. The first-order valence-corrected chi connectivity index (χ1v) is 9.45. The summed E-state index contributed by atoms with van der Waals surface area (Å²) >= 11 is 14.6. The van der Waals surface area contributed by atoms with Gasteiger partial charge in [-0.3, -0.25) is 4.79 Å². The van der Waals surface area contributed by atoms with Crippen LogP contribution in [0.15, 0.2) is 22.5 Å². The quantitative estimate of drug-likeness (QED) is 0.673. The molecule has 1 aromatic carbocycles. The molecule has 2 aromatic rings. The molecule has 0 bridgehead atoms. The number of nitrogens with one attached hydrogen (secondary N) is 2. The number of nitrogens with zero attached hydrogens (tertiary/aromatic N) is 2. The Morgan fingerprint density at radius 1 is 1.35 bits per heavy atom. The van der Waals surface area contributed by atoms with E-state index >= 15 is 0 Å². The lowest BCUT2D eigenvalue weighted by Crippen LogP contribution is -2.14. The van der Waals surface area contributed by atoms with Crippen molar-refractivity contribution in [2.24, 2.45) is 5.92 Å². The van der Waals surface area contributed by atoms with E-state index in [1.807, 2.05) is 0 Å². The van der Waals surface area contributed by atoms with E-state index in [1.165, 1.54) is 23.1 Å². The van der Waals surface area contributed by atoms with Crippen molar-refractivity contribution < 1.29 is 4.79 Å². The van der Waals surface area contributed by atoms with Gasteiger partial charge in [0.1, 0.15) is 0 Å². The maximum atomic E-state index is 12.0. The maximum absolute atomic E-state index is 12.0. The first-order chi connectivity index (χ1) is 10.9. The molecule has 0 fully saturated rings. The number of amides is 1. The molecule has 5 nitrogen and oxygen atoms in total. The first-order valence-electron chi connectivity index (χ1n) is 6.89. The molecule has 0 atom stereocenters. The standard InChI is InChI=1S/C14H16Cl2N4OS2/c1-8(2)6-17-13-19-20-14(23-13)22-7-12(21)18-11-4-3-9(15)5-10(11)16/h3-5,8H,6-7H2,1-2H3,(H,17,19)(H,18,21). The molecule has 0 spiro atoms. The Morgan fingerprint density at radius 3 is 2.83 bits per heavy atom. The van der Waals surface area contributed by atoms with Crippen molar-refractivity contribution in [1.29, 1.82) is 0 Å². The van der Waals surface area contributed by atoms with Crippen molar-refractivity contribution in [3.63, 3.8) is 0 Å². The molecule has 1 heterocycles. The third kappa shape index (κ3) is 6.18. The van der Waals surface area contributed by atoms with E-state index in [2.05, 4.69) is 34.7 Å². The number of thioether (sulfide) groups is 1. The Balaban J connectivity index is 1.82. The Labute approximate surface area is 153 Å². The highest BCUT2D eigenvalue weighted by molar-refractivity contribution is 8.01. The van der Waals surface area contributed by atoms with E-state index < -0.39 is 0 Å². The highest BCUT2D eigenvalue weighted by Gasteiger charge is 2.10. The molecule has 0 radical (unpaired) electrons. The molecule has 2 rings (SSSR count). The van der Waals surface area contributed by atoms with Gasteiger partial charge in [0.2, 0.25) is 11.0 Å². The van der Waals surface area contributed by atoms with Gasteiger partial charge >= 0.3 is 0 Å². The van der Waals surface area contributed by atoms with Crippen LogP contribution >= 0.6 is 46.3 Å². The van der Waals surface area contributed by atoms with Crippen LogP contribution in [0.2, 0.25) is 10.0 Å². The molecule has 0 aliphatic carbocycles. The van der Waals surface area contributed by atoms with Crippen LogP contribution in [0.3, 0.4) is 0 Å². The lowest BCUT2D eigenvalue weighted by molar-refractivity contribution is -0.113. The van der Waals surface area contributed by atoms with Crippen LogP contribution in [0.1, 0.15) is 13.8 Å². The molecule has 23 heavy (non-hydrogen) atoms. The number of hydrogen-bond acceptors (Lipinski definition) is 6. The molecule has 0 saturated heterocycles. The van der Waals surface area contributed by atoms with Gasteiger partial charge in [0.15, 0.2) is 4.34 Å². The zero-order valence-corrected chi connectivity index (χ0v) is 15.7. The Bertz CT molecular complexity index is 679. The maximum Gasteiger partial charge on any atom is 0.234 e. The summed E-state index contributed by atoms with van der Waals surface area (Å²) in [6, 6.07) is 4.93. The number of aromatic nitrogens is 2.